The molecule has 2 aliphatic rings. The van der Waals surface area contributed by atoms with E-state index in [4.69, 9.17) is 4.74 Å². The fourth-order valence-electron chi connectivity index (χ4n) is 3.08. The van der Waals surface area contributed by atoms with Gasteiger partial charge in [-0.2, -0.15) is 0 Å². The van der Waals surface area contributed by atoms with E-state index in [0.29, 0.717) is 12.3 Å². The van der Waals surface area contributed by atoms with Crippen LogP contribution in [0.1, 0.15) is 47.0 Å². The van der Waals surface area contributed by atoms with Crippen LogP contribution in [-0.4, -0.2) is 34.1 Å². The minimum atomic E-state index is -0.462. The number of hydrogen-bond donors (Lipinski definition) is 2. The van der Waals surface area contributed by atoms with Crippen LogP contribution in [-0.2, 0) is 4.74 Å². The zero-order chi connectivity index (χ0) is 13.5. The normalized spacial score (nSPS) is 45.4. The van der Waals surface area contributed by atoms with Gasteiger partial charge in [-0.15, -0.1) is 0 Å². The second-order valence-corrected chi connectivity index (χ2v) is 6.49. The first kappa shape index (κ1) is 14.0. The van der Waals surface area contributed by atoms with E-state index in [1.807, 2.05) is 6.92 Å². The van der Waals surface area contributed by atoms with Crippen molar-refractivity contribution < 1.29 is 14.9 Å². The summed E-state index contributed by atoms with van der Waals surface area (Å²) >= 11 is 0. The molecule has 1 fully saturated rings. The Labute approximate surface area is 110 Å². The van der Waals surface area contributed by atoms with Gasteiger partial charge in [-0.25, -0.2) is 0 Å². The second kappa shape index (κ2) is 4.95. The summed E-state index contributed by atoms with van der Waals surface area (Å²) in [4.78, 5) is 0. The van der Waals surface area contributed by atoms with Crippen LogP contribution >= 0.6 is 0 Å². The molecule has 0 aromatic rings. The summed E-state index contributed by atoms with van der Waals surface area (Å²) in [5.74, 6) is 0.434. The molecule has 18 heavy (non-hydrogen) atoms. The lowest BCUT2D eigenvalue weighted by Gasteiger charge is -2.29. The highest BCUT2D eigenvalue weighted by molar-refractivity contribution is 5.11. The summed E-state index contributed by atoms with van der Waals surface area (Å²) in [7, 11) is 0. The van der Waals surface area contributed by atoms with E-state index in [1.165, 1.54) is 0 Å². The molecular weight excluding hydrogens is 228 g/mol. The fraction of sp³-hybridized carbons (Fsp3) is 0.867. The SMILES string of the molecule is CC1=CCCC2(C)OC2C(O)C(C(C)C)CC1O. The van der Waals surface area contributed by atoms with Crippen molar-refractivity contribution in [1.82, 2.24) is 0 Å². The number of ether oxygens (including phenoxy) is 1. The molecule has 0 radical (unpaired) electrons. The van der Waals surface area contributed by atoms with E-state index in [-0.39, 0.29) is 17.6 Å². The van der Waals surface area contributed by atoms with E-state index in [0.717, 1.165) is 18.4 Å². The average molecular weight is 254 g/mol. The first-order valence-corrected chi connectivity index (χ1v) is 7.06. The monoisotopic (exact) mass is 254 g/mol. The third-order valence-electron chi connectivity index (χ3n) is 4.67. The smallest absolute Gasteiger partial charge is 0.113 e. The maximum absolute atomic E-state index is 10.5. The van der Waals surface area contributed by atoms with Crippen molar-refractivity contribution in [3.05, 3.63) is 11.6 Å². The number of allylic oxidation sites excluding steroid dienone is 1. The Balaban J connectivity index is 2.20. The van der Waals surface area contributed by atoms with Crippen molar-refractivity contribution >= 4 is 0 Å². The number of rotatable bonds is 1. The van der Waals surface area contributed by atoms with Crippen LogP contribution in [0.15, 0.2) is 11.6 Å². The molecule has 3 heteroatoms. The predicted molar refractivity (Wildman–Crippen MR) is 71.2 cm³/mol. The van der Waals surface area contributed by atoms with Gasteiger partial charge in [-0.05, 0) is 50.5 Å². The first-order chi connectivity index (χ1) is 8.35. The average Bonchev–Trinajstić information content (AvgIpc) is 2.95. The summed E-state index contributed by atoms with van der Waals surface area (Å²) in [6, 6.07) is 0. The zero-order valence-electron chi connectivity index (χ0n) is 11.9. The fourth-order valence-corrected chi connectivity index (χ4v) is 3.08. The van der Waals surface area contributed by atoms with E-state index >= 15 is 0 Å². The number of aliphatic hydroxyl groups excluding tert-OH is 2. The van der Waals surface area contributed by atoms with Crippen molar-refractivity contribution in [2.45, 2.75) is 70.9 Å². The summed E-state index contributed by atoms with van der Waals surface area (Å²) in [6.07, 6.45) is 3.62. The van der Waals surface area contributed by atoms with Crippen molar-refractivity contribution in [3.8, 4) is 0 Å². The summed E-state index contributed by atoms with van der Waals surface area (Å²) in [5.41, 5.74) is 0.863. The molecule has 2 rings (SSSR count). The highest BCUT2D eigenvalue weighted by Crippen LogP contribution is 2.46. The minimum Gasteiger partial charge on any atom is -0.390 e. The molecule has 1 aliphatic carbocycles. The summed E-state index contributed by atoms with van der Waals surface area (Å²) in [5, 5.41) is 20.7. The lowest BCUT2D eigenvalue weighted by atomic mass is 9.79. The molecule has 0 amide bonds. The van der Waals surface area contributed by atoms with Crippen LogP contribution in [0.3, 0.4) is 0 Å². The second-order valence-electron chi connectivity index (χ2n) is 6.49. The van der Waals surface area contributed by atoms with Crippen LogP contribution in [0.4, 0.5) is 0 Å². The van der Waals surface area contributed by atoms with Crippen LogP contribution in [0, 0.1) is 11.8 Å². The molecule has 0 aromatic heterocycles. The molecule has 0 aromatic carbocycles. The lowest BCUT2D eigenvalue weighted by molar-refractivity contribution is 0.0287. The standard InChI is InChI=1S/C15H26O3/c1-9(2)11-8-12(16)10(3)6-5-7-15(4)14(18-15)13(11)17/h6,9,11-14,16-17H,5,7-8H2,1-4H3. The Morgan fingerprint density at radius 1 is 1.39 bits per heavy atom. The molecule has 5 atom stereocenters. The van der Waals surface area contributed by atoms with E-state index in [1.54, 1.807) is 0 Å². The lowest BCUT2D eigenvalue weighted by Crippen LogP contribution is -2.36. The Morgan fingerprint density at radius 3 is 2.67 bits per heavy atom. The van der Waals surface area contributed by atoms with Crippen LogP contribution in [0.2, 0.25) is 0 Å². The van der Waals surface area contributed by atoms with Crippen LogP contribution in [0.5, 0.6) is 0 Å². The molecule has 5 unspecified atom stereocenters. The molecule has 2 N–H and O–H groups in total. The Bertz CT molecular complexity index is 337. The van der Waals surface area contributed by atoms with Gasteiger partial charge >= 0.3 is 0 Å². The molecule has 3 nitrogen and oxygen atoms in total. The van der Waals surface area contributed by atoms with Gasteiger partial charge in [0.2, 0.25) is 0 Å². The number of epoxide rings is 1. The summed E-state index contributed by atoms with van der Waals surface area (Å²) < 4.78 is 5.74. The third kappa shape index (κ3) is 2.63. The predicted octanol–water partition coefficient (Wildman–Crippen LogP) is 2.27. The van der Waals surface area contributed by atoms with Crippen LogP contribution < -0.4 is 0 Å². The molecule has 104 valence electrons. The Morgan fingerprint density at radius 2 is 2.06 bits per heavy atom. The molecule has 1 heterocycles. The zero-order valence-corrected chi connectivity index (χ0v) is 11.9. The molecular formula is C15H26O3. The molecule has 0 spiro atoms. The molecule has 1 aliphatic heterocycles. The molecule has 1 saturated heterocycles. The van der Waals surface area contributed by atoms with Crippen molar-refractivity contribution in [2.75, 3.05) is 0 Å². The van der Waals surface area contributed by atoms with Gasteiger partial charge in [-0.1, -0.05) is 19.9 Å². The van der Waals surface area contributed by atoms with E-state index in [2.05, 4.69) is 26.8 Å². The topological polar surface area (TPSA) is 53.0 Å². The summed E-state index contributed by atoms with van der Waals surface area (Å²) in [6.45, 7) is 8.26. The van der Waals surface area contributed by atoms with Gasteiger partial charge in [0.05, 0.1) is 17.8 Å². The van der Waals surface area contributed by atoms with Gasteiger partial charge in [0.15, 0.2) is 0 Å². The Kier molecular flexibility index (Phi) is 3.86. The van der Waals surface area contributed by atoms with Gasteiger partial charge in [0, 0.05) is 0 Å². The van der Waals surface area contributed by atoms with Crippen LogP contribution in [0.25, 0.3) is 0 Å². The molecule has 0 bridgehead atoms. The third-order valence-corrected chi connectivity index (χ3v) is 4.67. The van der Waals surface area contributed by atoms with E-state index < -0.39 is 12.2 Å². The van der Waals surface area contributed by atoms with Crippen molar-refractivity contribution in [2.24, 2.45) is 11.8 Å². The number of hydrogen-bond acceptors (Lipinski definition) is 3. The van der Waals surface area contributed by atoms with Gasteiger partial charge in [-0.3, -0.25) is 0 Å². The van der Waals surface area contributed by atoms with Gasteiger partial charge < -0.3 is 14.9 Å². The Hall–Kier alpha value is -0.380. The first-order valence-electron chi connectivity index (χ1n) is 7.06. The molecule has 0 saturated carbocycles. The van der Waals surface area contributed by atoms with Gasteiger partial charge in [0.1, 0.15) is 6.10 Å². The van der Waals surface area contributed by atoms with Gasteiger partial charge in [0.25, 0.3) is 0 Å². The highest BCUT2D eigenvalue weighted by atomic mass is 16.6. The van der Waals surface area contributed by atoms with Crippen molar-refractivity contribution in [3.63, 3.8) is 0 Å². The number of fused-ring (bicyclic) bond motifs is 1. The minimum absolute atomic E-state index is 0.0519. The van der Waals surface area contributed by atoms with E-state index in [9.17, 15) is 10.2 Å². The maximum Gasteiger partial charge on any atom is 0.113 e. The number of aliphatic hydroxyl groups is 2. The largest absolute Gasteiger partial charge is 0.390 e. The highest BCUT2D eigenvalue weighted by Gasteiger charge is 2.57. The van der Waals surface area contributed by atoms with Crippen molar-refractivity contribution in [1.29, 1.82) is 0 Å². The quantitative estimate of drug-likeness (QED) is 0.557. The maximum atomic E-state index is 10.5.